The van der Waals surface area contributed by atoms with Crippen LogP contribution in [0.5, 0.6) is 0 Å². The van der Waals surface area contributed by atoms with E-state index in [1.807, 2.05) is 13.0 Å². The van der Waals surface area contributed by atoms with E-state index in [1.54, 1.807) is 19.5 Å². The fraction of sp³-hybridized carbons (Fsp3) is 0.423. The van der Waals surface area contributed by atoms with E-state index in [0.29, 0.717) is 11.4 Å². The van der Waals surface area contributed by atoms with Gasteiger partial charge in [0.15, 0.2) is 5.66 Å². The summed E-state index contributed by atoms with van der Waals surface area (Å²) >= 11 is 0. The number of aryl methyl sites for hydroxylation is 1. The van der Waals surface area contributed by atoms with Gasteiger partial charge in [-0.15, -0.1) is 5.92 Å². The summed E-state index contributed by atoms with van der Waals surface area (Å²) in [5.74, 6) is 6.28. The van der Waals surface area contributed by atoms with Crippen LogP contribution in [0.15, 0.2) is 46.6 Å². The molecule has 2 aromatic rings. The first-order valence-electron chi connectivity index (χ1n) is 11.5. The molecule has 34 heavy (non-hydrogen) atoms. The minimum atomic E-state index is -1.56. The number of aliphatic imine (C=N–C) groups is 2. The molecule has 1 atom stereocenters. The molecular formula is C26H27B3N4O. The second-order valence-corrected chi connectivity index (χ2v) is 9.30. The number of methoxy groups -OCH3 is 1. The summed E-state index contributed by atoms with van der Waals surface area (Å²) in [6, 6.07) is 8.27. The van der Waals surface area contributed by atoms with Crippen molar-refractivity contribution in [3.8, 4) is 23.0 Å². The van der Waals surface area contributed by atoms with Crippen molar-refractivity contribution in [3.63, 3.8) is 0 Å². The molecule has 1 unspecified atom stereocenters. The van der Waals surface area contributed by atoms with Crippen molar-refractivity contribution in [3.05, 3.63) is 53.3 Å². The van der Waals surface area contributed by atoms with Crippen LogP contribution in [-0.2, 0) is 10.4 Å². The molecule has 2 aliphatic rings. The molecule has 4 rings (SSSR count). The first-order chi connectivity index (χ1) is 16.1. The van der Waals surface area contributed by atoms with Crippen molar-refractivity contribution >= 4 is 35.1 Å². The van der Waals surface area contributed by atoms with Crippen LogP contribution in [0.3, 0.4) is 0 Å². The SMILES string of the molecule is [B]C([B])([B])C#Cc1cncc(-c2ccc(C)c(C3(C4CCC(OC)CC4)N=C(C)C(N)=N3)c2)c1. The third kappa shape index (κ3) is 5.00. The van der Waals surface area contributed by atoms with Gasteiger partial charge in [0.1, 0.15) is 5.84 Å². The fourth-order valence-corrected chi connectivity index (χ4v) is 4.87. The highest BCUT2D eigenvalue weighted by atomic mass is 16.5. The van der Waals surface area contributed by atoms with Crippen molar-refractivity contribution in [2.45, 2.75) is 56.4 Å². The van der Waals surface area contributed by atoms with Gasteiger partial charge < -0.3 is 10.5 Å². The molecule has 5 nitrogen and oxygen atoms in total. The maximum absolute atomic E-state index is 6.28. The Bertz CT molecular complexity index is 1180. The molecule has 0 saturated heterocycles. The lowest BCUT2D eigenvalue weighted by molar-refractivity contribution is 0.0426. The normalized spacial score (nSPS) is 24.7. The first kappa shape index (κ1) is 24.4. The minimum Gasteiger partial charge on any atom is -0.382 e. The van der Waals surface area contributed by atoms with Gasteiger partial charge in [-0.3, -0.25) is 9.98 Å². The lowest BCUT2D eigenvalue weighted by atomic mass is 9.43. The van der Waals surface area contributed by atoms with Crippen LogP contribution in [0.1, 0.15) is 49.3 Å². The third-order valence-electron chi connectivity index (χ3n) is 6.71. The maximum Gasteiger partial charge on any atom is 0.181 e. The number of pyridine rings is 1. The molecule has 8 heteroatoms. The van der Waals surface area contributed by atoms with Crippen molar-refractivity contribution in [2.75, 3.05) is 7.11 Å². The number of rotatable bonds is 4. The Labute approximate surface area is 206 Å². The predicted molar refractivity (Wildman–Crippen MR) is 140 cm³/mol. The van der Waals surface area contributed by atoms with Gasteiger partial charge in [0.05, 0.1) is 35.4 Å². The number of benzene rings is 1. The van der Waals surface area contributed by atoms with Gasteiger partial charge in [0.2, 0.25) is 0 Å². The molecule has 166 valence electrons. The molecule has 1 aromatic heterocycles. The molecule has 1 aromatic carbocycles. The van der Waals surface area contributed by atoms with E-state index in [9.17, 15) is 0 Å². The fourth-order valence-electron chi connectivity index (χ4n) is 4.87. The van der Waals surface area contributed by atoms with E-state index >= 15 is 0 Å². The molecule has 1 aliphatic carbocycles. The number of aromatic nitrogens is 1. The minimum absolute atomic E-state index is 0.242. The highest BCUT2D eigenvalue weighted by Crippen LogP contribution is 2.47. The lowest BCUT2D eigenvalue weighted by Gasteiger charge is -2.38. The zero-order valence-electron chi connectivity index (χ0n) is 20.0. The standard InChI is InChI=1S/C26H27B3N4O/c1-16-4-5-19(20-12-18(14-31-15-20)10-11-25(27,28)29)13-23(16)26(32-17(2)24(30)33-26)21-6-8-22(34-3)9-7-21/h4-5,12-15,21-22H,6-9H2,1-3H3,(H2,30,33). The van der Waals surface area contributed by atoms with E-state index in [1.165, 1.54) is 0 Å². The molecule has 2 N–H and O–H groups in total. The number of hydrogen-bond acceptors (Lipinski definition) is 5. The van der Waals surface area contributed by atoms with Crippen LogP contribution in [0.25, 0.3) is 11.1 Å². The molecular weight excluding hydrogens is 417 g/mol. The van der Waals surface area contributed by atoms with Crippen molar-refractivity contribution in [2.24, 2.45) is 21.6 Å². The van der Waals surface area contributed by atoms with Gasteiger partial charge in [-0.05, 0) is 62.8 Å². The topological polar surface area (TPSA) is 72.9 Å². The van der Waals surface area contributed by atoms with Crippen LogP contribution in [0, 0.1) is 24.7 Å². The average molecular weight is 444 g/mol. The molecule has 1 aliphatic heterocycles. The Morgan fingerprint density at radius 1 is 1.03 bits per heavy atom. The Morgan fingerprint density at radius 3 is 2.38 bits per heavy atom. The van der Waals surface area contributed by atoms with Gasteiger partial charge in [-0.1, -0.05) is 23.2 Å². The van der Waals surface area contributed by atoms with E-state index in [4.69, 9.17) is 44.0 Å². The molecule has 1 fully saturated rings. The van der Waals surface area contributed by atoms with Crippen LogP contribution < -0.4 is 5.73 Å². The van der Waals surface area contributed by atoms with E-state index in [2.05, 4.69) is 41.9 Å². The summed E-state index contributed by atoms with van der Waals surface area (Å²) in [4.78, 5) is 14.4. The van der Waals surface area contributed by atoms with Crippen LogP contribution in [0.4, 0.5) is 0 Å². The molecule has 2 heterocycles. The number of ether oxygens (including phenoxy) is 1. The van der Waals surface area contributed by atoms with Crippen molar-refractivity contribution in [1.82, 2.24) is 4.98 Å². The largest absolute Gasteiger partial charge is 0.382 e. The Balaban J connectivity index is 1.77. The quantitative estimate of drug-likeness (QED) is 0.582. The average Bonchev–Trinajstić information content (AvgIpc) is 3.12. The Morgan fingerprint density at radius 2 is 1.76 bits per heavy atom. The Hall–Kier alpha value is -2.78. The van der Waals surface area contributed by atoms with Gasteiger partial charge in [-0.2, -0.15) is 0 Å². The monoisotopic (exact) mass is 444 g/mol. The summed E-state index contributed by atoms with van der Waals surface area (Å²) in [6.45, 7) is 4.03. The van der Waals surface area contributed by atoms with Crippen LogP contribution in [-0.4, -0.2) is 53.3 Å². The van der Waals surface area contributed by atoms with Gasteiger partial charge in [0.25, 0.3) is 0 Å². The van der Waals surface area contributed by atoms with Gasteiger partial charge >= 0.3 is 0 Å². The highest BCUT2D eigenvalue weighted by molar-refractivity contribution is 6.61. The number of nitrogens with zero attached hydrogens (tertiary/aromatic N) is 3. The van der Waals surface area contributed by atoms with Gasteiger partial charge in [-0.25, -0.2) is 4.99 Å². The highest BCUT2D eigenvalue weighted by Gasteiger charge is 2.46. The van der Waals surface area contributed by atoms with E-state index in [0.717, 1.165) is 53.6 Å². The van der Waals surface area contributed by atoms with Gasteiger partial charge in [0, 0.05) is 42.1 Å². The van der Waals surface area contributed by atoms with Crippen molar-refractivity contribution in [1.29, 1.82) is 0 Å². The summed E-state index contributed by atoms with van der Waals surface area (Å²) in [7, 11) is 18.5. The number of amidine groups is 1. The maximum atomic E-state index is 6.28. The van der Waals surface area contributed by atoms with Crippen molar-refractivity contribution < 1.29 is 4.74 Å². The van der Waals surface area contributed by atoms with Crippen LogP contribution >= 0.6 is 0 Å². The summed E-state index contributed by atoms with van der Waals surface area (Å²) in [5, 5.41) is -1.56. The molecule has 0 amide bonds. The number of hydrogen-bond donors (Lipinski definition) is 1. The van der Waals surface area contributed by atoms with Crippen LogP contribution in [0.2, 0.25) is 5.11 Å². The second-order valence-electron chi connectivity index (χ2n) is 9.30. The molecule has 6 radical (unpaired) electrons. The Kier molecular flexibility index (Phi) is 6.78. The second kappa shape index (κ2) is 9.46. The summed E-state index contributed by atoms with van der Waals surface area (Å²) in [6.07, 6.45) is 7.67. The molecule has 0 bridgehead atoms. The molecule has 0 spiro atoms. The predicted octanol–water partition coefficient (Wildman–Crippen LogP) is 3.18. The summed E-state index contributed by atoms with van der Waals surface area (Å²) < 4.78 is 5.60. The number of nitrogens with two attached hydrogens (primary N) is 1. The first-order valence-corrected chi connectivity index (χ1v) is 11.5. The zero-order chi connectivity index (χ0) is 24.5. The smallest absolute Gasteiger partial charge is 0.181 e. The lowest BCUT2D eigenvalue weighted by Crippen LogP contribution is -2.36. The van der Waals surface area contributed by atoms with E-state index < -0.39 is 10.8 Å². The van der Waals surface area contributed by atoms with E-state index in [-0.39, 0.29) is 12.0 Å². The summed E-state index contributed by atoms with van der Waals surface area (Å²) in [5.41, 5.74) is 11.1. The third-order valence-corrected chi connectivity index (χ3v) is 6.71. The molecule has 1 saturated carbocycles. The zero-order valence-corrected chi connectivity index (χ0v) is 20.0.